The van der Waals surface area contributed by atoms with E-state index in [-0.39, 0.29) is 11.4 Å². The molecule has 0 spiro atoms. The topological polar surface area (TPSA) is 71.3 Å². The van der Waals surface area contributed by atoms with Crippen LogP contribution in [0.15, 0.2) is 26.1 Å². The molecule has 0 saturated carbocycles. The smallest absolute Gasteiger partial charge is 0.244 e. The number of nitrogens with one attached hydrogen (secondary N) is 2. The second-order valence-electron chi connectivity index (χ2n) is 4.76. The summed E-state index contributed by atoms with van der Waals surface area (Å²) in [5.74, 6) is 1.07. The third-order valence-electron chi connectivity index (χ3n) is 3.19. The van der Waals surface area contributed by atoms with Crippen molar-refractivity contribution in [3.8, 4) is 0 Å². The molecule has 0 fully saturated rings. The van der Waals surface area contributed by atoms with E-state index in [1.165, 1.54) is 0 Å². The van der Waals surface area contributed by atoms with Crippen molar-refractivity contribution in [2.24, 2.45) is 0 Å². The summed E-state index contributed by atoms with van der Waals surface area (Å²) in [6.45, 7) is 6.99. The minimum absolute atomic E-state index is 0.260. The summed E-state index contributed by atoms with van der Waals surface area (Å²) >= 11 is 1.54. The number of thiophene rings is 1. The van der Waals surface area contributed by atoms with Crippen LogP contribution in [0, 0.1) is 13.8 Å². The third kappa shape index (κ3) is 3.74. The molecule has 2 aromatic rings. The summed E-state index contributed by atoms with van der Waals surface area (Å²) in [4.78, 5) is 0.260. The average molecular weight is 328 g/mol. The molecule has 7 heteroatoms. The first-order valence-electron chi connectivity index (χ1n) is 6.76. The van der Waals surface area contributed by atoms with E-state index in [2.05, 4.69) is 10.0 Å². The van der Waals surface area contributed by atoms with Crippen molar-refractivity contribution in [2.45, 2.75) is 38.8 Å². The summed E-state index contributed by atoms with van der Waals surface area (Å²) in [5, 5.41) is 7.00. The Kier molecular flexibility index (Phi) is 5.21. The Morgan fingerprint density at radius 1 is 1.24 bits per heavy atom. The van der Waals surface area contributed by atoms with Crippen LogP contribution in [0.1, 0.15) is 29.6 Å². The highest BCUT2D eigenvalue weighted by atomic mass is 32.2. The summed E-state index contributed by atoms with van der Waals surface area (Å²) < 4.78 is 33.2. The van der Waals surface area contributed by atoms with E-state index in [1.54, 1.807) is 25.2 Å². The van der Waals surface area contributed by atoms with Crippen LogP contribution in [0.5, 0.6) is 0 Å². The summed E-state index contributed by atoms with van der Waals surface area (Å²) in [6, 6.07) is 1.90. The highest BCUT2D eigenvalue weighted by molar-refractivity contribution is 7.89. The molecule has 116 valence electrons. The van der Waals surface area contributed by atoms with Crippen LogP contribution in [0.2, 0.25) is 0 Å². The zero-order valence-corrected chi connectivity index (χ0v) is 14.0. The summed E-state index contributed by atoms with van der Waals surface area (Å²) in [7, 11) is -3.59. The lowest BCUT2D eigenvalue weighted by Gasteiger charge is -2.08. The zero-order valence-electron chi connectivity index (χ0n) is 12.4. The maximum absolute atomic E-state index is 12.6. The van der Waals surface area contributed by atoms with Gasteiger partial charge in [-0.25, -0.2) is 13.1 Å². The largest absolute Gasteiger partial charge is 0.465 e. The molecule has 0 saturated heterocycles. The van der Waals surface area contributed by atoms with Gasteiger partial charge in [0.1, 0.15) is 16.4 Å². The lowest BCUT2D eigenvalue weighted by atomic mass is 10.2. The number of rotatable bonds is 7. The standard InChI is InChI=1S/C14H20N2O3S2/c1-4-15-8-13-10(2)19-11(3)14(13)21(17,18)16-7-12-5-6-20-9-12/h5-6,9,15-16H,4,7-8H2,1-3H3. The first-order valence-corrected chi connectivity index (χ1v) is 9.18. The van der Waals surface area contributed by atoms with Crippen LogP contribution in [-0.2, 0) is 23.1 Å². The van der Waals surface area contributed by atoms with Gasteiger partial charge in [-0.2, -0.15) is 11.3 Å². The van der Waals surface area contributed by atoms with Crippen LogP contribution in [-0.4, -0.2) is 15.0 Å². The van der Waals surface area contributed by atoms with Gasteiger partial charge in [0.15, 0.2) is 0 Å². The molecule has 0 aliphatic carbocycles. The second kappa shape index (κ2) is 6.74. The Hall–Kier alpha value is -1.15. The van der Waals surface area contributed by atoms with Gasteiger partial charge in [0.2, 0.25) is 10.0 Å². The number of hydrogen-bond donors (Lipinski definition) is 2. The van der Waals surface area contributed by atoms with Crippen LogP contribution in [0.4, 0.5) is 0 Å². The second-order valence-corrected chi connectivity index (χ2v) is 7.24. The lowest BCUT2D eigenvalue weighted by molar-refractivity contribution is 0.493. The number of furan rings is 1. The van der Waals surface area contributed by atoms with Crippen molar-refractivity contribution in [2.75, 3.05) is 6.54 Å². The monoisotopic (exact) mass is 328 g/mol. The predicted molar refractivity (Wildman–Crippen MR) is 83.9 cm³/mol. The van der Waals surface area contributed by atoms with E-state index < -0.39 is 10.0 Å². The maximum atomic E-state index is 12.6. The van der Waals surface area contributed by atoms with Gasteiger partial charge in [-0.1, -0.05) is 6.92 Å². The molecule has 2 aromatic heterocycles. The predicted octanol–water partition coefficient (Wildman–Crippen LogP) is 2.55. The van der Waals surface area contributed by atoms with E-state index in [9.17, 15) is 8.42 Å². The molecule has 0 radical (unpaired) electrons. The van der Waals surface area contributed by atoms with Gasteiger partial charge in [0.25, 0.3) is 0 Å². The summed E-state index contributed by atoms with van der Waals surface area (Å²) in [6.07, 6.45) is 0. The van der Waals surface area contributed by atoms with Gasteiger partial charge in [-0.05, 0) is 42.8 Å². The van der Waals surface area contributed by atoms with E-state index >= 15 is 0 Å². The molecule has 2 heterocycles. The average Bonchev–Trinajstić information content (AvgIpc) is 3.02. The van der Waals surface area contributed by atoms with Gasteiger partial charge in [-0.3, -0.25) is 0 Å². The van der Waals surface area contributed by atoms with E-state index in [0.717, 1.165) is 12.1 Å². The lowest BCUT2D eigenvalue weighted by Crippen LogP contribution is -2.25. The first-order chi connectivity index (χ1) is 9.95. The molecule has 21 heavy (non-hydrogen) atoms. The highest BCUT2D eigenvalue weighted by Gasteiger charge is 2.26. The molecule has 0 aliphatic heterocycles. The van der Waals surface area contributed by atoms with Crippen molar-refractivity contribution < 1.29 is 12.8 Å². The van der Waals surface area contributed by atoms with Crippen molar-refractivity contribution in [3.63, 3.8) is 0 Å². The fourth-order valence-electron chi connectivity index (χ4n) is 2.16. The molecular formula is C14H20N2O3S2. The van der Waals surface area contributed by atoms with Gasteiger partial charge >= 0.3 is 0 Å². The van der Waals surface area contributed by atoms with Crippen LogP contribution < -0.4 is 10.0 Å². The van der Waals surface area contributed by atoms with Gasteiger partial charge in [0, 0.05) is 18.7 Å². The molecule has 2 rings (SSSR count). The Labute approximate surface area is 129 Å². The Bertz CT molecular complexity index is 688. The van der Waals surface area contributed by atoms with Crippen LogP contribution in [0.3, 0.4) is 0 Å². The fraction of sp³-hybridized carbons (Fsp3) is 0.429. The van der Waals surface area contributed by atoms with Gasteiger partial charge in [-0.15, -0.1) is 0 Å². The Balaban J connectivity index is 2.26. The minimum atomic E-state index is -3.59. The molecular weight excluding hydrogens is 308 g/mol. The SMILES string of the molecule is CCNCc1c(C)oc(C)c1S(=O)(=O)NCc1ccsc1. The molecule has 0 unspecified atom stereocenters. The molecule has 2 N–H and O–H groups in total. The first kappa shape index (κ1) is 16.2. The van der Waals surface area contributed by atoms with Crippen LogP contribution in [0.25, 0.3) is 0 Å². The molecule has 0 atom stereocenters. The molecule has 0 amide bonds. The molecule has 0 aromatic carbocycles. The molecule has 5 nitrogen and oxygen atoms in total. The number of hydrogen-bond acceptors (Lipinski definition) is 5. The maximum Gasteiger partial charge on any atom is 0.244 e. The number of sulfonamides is 1. The minimum Gasteiger partial charge on any atom is -0.465 e. The quantitative estimate of drug-likeness (QED) is 0.819. The molecule has 0 aliphatic rings. The summed E-state index contributed by atoms with van der Waals surface area (Å²) in [5.41, 5.74) is 1.65. The fourth-order valence-corrected chi connectivity index (χ4v) is 4.29. The van der Waals surface area contributed by atoms with Crippen molar-refractivity contribution >= 4 is 21.4 Å². The Morgan fingerprint density at radius 2 is 2.00 bits per heavy atom. The van der Waals surface area contributed by atoms with E-state index in [0.29, 0.717) is 23.6 Å². The van der Waals surface area contributed by atoms with Gasteiger partial charge in [0.05, 0.1) is 0 Å². The van der Waals surface area contributed by atoms with Crippen LogP contribution >= 0.6 is 11.3 Å². The third-order valence-corrected chi connectivity index (χ3v) is 5.52. The zero-order chi connectivity index (χ0) is 15.5. The van der Waals surface area contributed by atoms with E-state index in [1.807, 2.05) is 23.8 Å². The highest BCUT2D eigenvalue weighted by Crippen LogP contribution is 2.26. The van der Waals surface area contributed by atoms with Crippen molar-refractivity contribution in [1.82, 2.24) is 10.0 Å². The van der Waals surface area contributed by atoms with E-state index in [4.69, 9.17) is 4.42 Å². The van der Waals surface area contributed by atoms with Crippen molar-refractivity contribution in [3.05, 3.63) is 39.5 Å². The normalized spacial score (nSPS) is 12.0. The number of aryl methyl sites for hydroxylation is 2. The van der Waals surface area contributed by atoms with Gasteiger partial charge < -0.3 is 9.73 Å². The molecule has 0 bridgehead atoms. The van der Waals surface area contributed by atoms with Crippen molar-refractivity contribution in [1.29, 1.82) is 0 Å². The Morgan fingerprint density at radius 3 is 2.62 bits per heavy atom.